The Morgan fingerprint density at radius 1 is 0.846 bits per heavy atom. The molecule has 0 spiro atoms. The number of para-hydroxylation sites is 2. The number of nitrogens with one attached hydrogen (secondary N) is 3. The third kappa shape index (κ3) is 4.97. The van der Waals surface area contributed by atoms with E-state index in [4.69, 9.17) is 17.0 Å². The summed E-state index contributed by atoms with van der Waals surface area (Å²) >= 11 is 5.35. The fourth-order valence-corrected chi connectivity index (χ4v) is 2.68. The minimum atomic E-state index is 0.597. The number of hydrogen-bond acceptors (Lipinski definition) is 3. The maximum atomic E-state index is 5.36. The van der Waals surface area contributed by atoms with Crippen molar-refractivity contribution in [3.63, 3.8) is 0 Å². The van der Waals surface area contributed by atoms with E-state index in [-0.39, 0.29) is 0 Å². The van der Waals surface area contributed by atoms with Crippen molar-refractivity contribution in [2.24, 2.45) is 0 Å². The van der Waals surface area contributed by atoms with Crippen LogP contribution in [0, 0.1) is 0 Å². The largest absolute Gasteiger partial charge is 0.495 e. The molecule has 0 aliphatic rings. The zero-order valence-corrected chi connectivity index (χ0v) is 15.3. The minimum absolute atomic E-state index is 0.597. The highest BCUT2D eigenvalue weighted by Gasteiger charge is 2.03. The Kier molecular flexibility index (Phi) is 6.06. The van der Waals surface area contributed by atoms with Gasteiger partial charge in [-0.25, -0.2) is 0 Å². The Bertz CT molecular complexity index is 851. The molecule has 3 N–H and O–H groups in total. The first-order chi connectivity index (χ1) is 12.7. The standard InChI is InChI=1S/C21H21N3OS/c1-25-20-10-6-5-9-19(20)23-17-11-13-18(14-12-17)24-21(26)22-15-16-7-3-2-4-8-16/h2-14,23H,15H2,1H3,(H2,22,24,26). The van der Waals surface area contributed by atoms with E-state index < -0.39 is 0 Å². The number of benzene rings is 3. The Morgan fingerprint density at radius 3 is 2.23 bits per heavy atom. The number of thiocarbonyl (C=S) groups is 1. The summed E-state index contributed by atoms with van der Waals surface area (Å²) < 4.78 is 5.36. The van der Waals surface area contributed by atoms with E-state index in [2.05, 4.69) is 28.1 Å². The van der Waals surface area contributed by atoms with Crippen molar-refractivity contribution in [2.75, 3.05) is 17.7 Å². The fraction of sp³-hybridized carbons (Fsp3) is 0.0952. The molecule has 3 aromatic rings. The van der Waals surface area contributed by atoms with Gasteiger partial charge in [-0.3, -0.25) is 0 Å². The Hall–Kier alpha value is -3.05. The lowest BCUT2D eigenvalue weighted by molar-refractivity contribution is 0.417. The molecule has 0 saturated heterocycles. The minimum Gasteiger partial charge on any atom is -0.495 e. The van der Waals surface area contributed by atoms with E-state index in [9.17, 15) is 0 Å². The molecule has 26 heavy (non-hydrogen) atoms. The van der Waals surface area contributed by atoms with Crippen LogP contribution in [0.2, 0.25) is 0 Å². The lowest BCUT2D eigenvalue weighted by Crippen LogP contribution is -2.27. The van der Waals surface area contributed by atoms with Crippen molar-refractivity contribution < 1.29 is 4.74 Å². The Labute approximate surface area is 159 Å². The third-order valence-electron chi connectivity index (χ3n) is 3.82. The molecule has 5 heteroatoms. The summed E-state index contributed by atoms with van der Waals surface area (Å²) in [6.45, 7) is 0.695. The maximum absolute atomic E-state index is 5.36. The highest BCUT2D eigenvalue weighted by Crippen LogP contribution is 2.27. The predicted molar refractivity (Wildman–Crippen MR) is 112 cm³/mol. The van der Waals surface area contributed by atoms with E-state index in [1.807, 2.05) is 66.7 Å². The quantitative estimate of drug-likeness (QED) is 0.542. The van der Waals surface area contributed by atoms with Gasteiger partial charge in [-0.1, -0.05) is 42.5 Å². The second-order valence-corrected chi connectivity index (χ2v) is 6.10. The van der Waals surface area contributed by atoms with Crippen LogP contribution in [-0.2, 0) is 6.54 Å². The molecule has 0 aliphatic carbocycles. The van der Waals surface area contributed by atoms with E-state index >= 15 is 0 Å². The van der Waals surface area contributed by atoms with Gasteiger partial charge in [-0.05, 0) is 54.2 Å². The van der Waals surface area contributed by atoms with Gasteiger partial charge in [0.05, 0.1) is 12.8 Å². The van der Waals surface area contributed by atoms with E-state index in [0.717, 1.165) is 22.8 Å². The summed E-state index contributed by atoms with van der Waals surface area (Å²) in [5.41, 5.74) is 4.02. The van der Waals surface area contributed by atoms with Crippen LogP contribution in [0.4, 0.5) is 17.1 Å². The lowest BCUT2D eigenvalue weighted by atomic mass is 10.2. The van der Waals surface area contributed by atoms with Gasteiger partial charge in [0.2, 0.25) is 0 Å². The molecule has 0 radical (unpaired) electrons. The molecule has 0 saturated carbocycles. The Morgan fingerprint density at radius 2 is 1.50 bits per heavy atom. The summed E-state index contributed by atoms with van der Waals surface area (Å²) in [4.78, 5) is 0. The third-order valence-corrected chi connectivity index (χ3v) is 4.07. The predicted octanol–water partition coefficient (Wildman–Crippen LogP) is 4.93. The van der Waals surface area contributed by atoms with Crippen molar-refractivity contribution in [2.45, 2.75) is 6.54 Å². The lowest BCUT2D eigenvalue weighted by Gasteiger charge is -2.13. The second-order valence-electron chi connectivity index (χ2n) is 5.70. The van der Waals surface area contributed by atoms with Crippen LogP contribution in [0.5, 0.6) is 5.75 Å². The zero-order valence-electron chi connectivity index (χ0n) is 14.5. The van der Waals surface area contributed by atoms with Crippen molar-refractivity contribution in [3.8, 4) is 5.75 Å². The van der Waals surface area contributed by atoms with Gasteiger partial charge in [0.25, 0.3) is 0 Å². The number of anilines is 3. The molecule has 0 fully saturated rings. The molecule has 0 amide bonds. The van der Waals surface area contributed by atoms with Gasteiger partial charge in [0.15, 0.2) is 5.11 Å². The molecule has 0 unspecified atom stereocenters. The number of methoxy groups -OCH3 is 1. The molecule has 0 heterocycles. The van der Waals surface area contributed by atoms with Crippen LogP contribution in [-0.4, -0.2) is 12.2 Å². The SMILES string of the molecule is COc1ccccc1Nc1ccc(NC(=S)NCc2ccccc2)cc1. The van der Waals surface area contributed by atoms with Crippen molar-refractivity contribution >= 4 is 34.4 Å². The van der Waals surface area contributed by atoms with E-state index in [0.29, 0.717) is 11.7 Å². The summed E-state index contributed by atoms with van der Waals surface area (Å²) in [6, 6.07) is 25.9. The molecular weight excluding hydrogens is 342 g/mol. The van der Waals surface area contributed by atoms with Gasteiger partial charge >= 0.3 is 0 Å². The highest BCUT2D eigenvalue weighted by atomic mass is 32.1. The summed E-state index contributed by atoms with van der Waals surface area (Å²) in [5.74, 6) is 0.806. The molecule has 0 aliphatic heterocycles. The first kappa shape index (κ1) is 17.8. The summed E-state index contributed by atoms with van der Waals surface area (Å²) in [6.07, 6.45) is 0. The molecule has 0 aromatic heterocycles. The van der Waals surface area contributed by atoms with E-state index in [1.54, 1.807) is 7.11 Å². The molecule has 3 aromatic carbocycles. The van der Waals surface area contributed by atoms with Gasteiger partial charge in [0.1, 0.15) is 5.75 Å². The van der Waals surface area contributed by atoms with Crippen LogP contribution in [0.1, 0.15) is 5.56 Å². The maximum Gasteiger partial charge on any atom is 0.171 e. The zero-order chi connectivity index (χ0) is 18.2. The fourth-order valence-electron chi connectivity index (χ4n) is 2.49. The normalized spacial score (nSPS) is 10.0. The van der Waals surface area contributed by atoms with Crippen molar-refractivity contribution in [1.29, 1.82) is 0 Å². The monoisotopic (exact) mass is 363 g/mol. The topological polar surface area (TPSA) is 45.3 Å². The molecule has 132 valence electrons. The number of hydrogen-bond donors (Lipinski definition) is 3. The Balaban J connectivity index is 1.55. The van der Waals surface area contributed by atoms with Gasteiger partial charge in [0, 0.05) is 17.9 Å². The van der Waals surface area contributed by atoms with Crippen LogP contribution < -0.4 is 20.7 Å². The van der Waals surface area contributed by atoms with Crippen LogP contribution in [0.25, 0.3) is 0 Å². The van der Waals surface area contributed by atoms with Crippen molar-refractivity contribution in [1.82, 2.24) is 5.32 Å². The van der Waals surface area contributed by atoms with Gasteiger partial charge in [-0.2, -0.15) is 0 Å². The smallest absolute Gasteiger partial charge is 0.171 e. The highest BCUT2D eigenvalue weighted by molar-refractivity contribution is 7.80. The average molecular weight is 363 g/mol. The van der Waals surface area contributed by atoms with Gasteiger partial charge in [-0.15, -0.1) is 0 Å². The molecule has 0 bridgehead atoms. The first-order valence-corrected chi connectivity index (χ1v) is 8.74. The molecular formula is C21H21N3OS. The van der Waals surface area contributed by atoms with Crippen molar-refractivity contribution in [3.05, 3.63) is 84.4 Å². The average Bonchev–Trinajstić information content (AvgIpc) is 2.69. The molecule has 4 nitrogen and oxygen atoms in total. The van der Waals surface area contributed by atoms with Crippen LogP contribution >= 0.6 is 12.2 Å². The van der Waals surface area contributed by atoms with E-state index in [1.165, 1.54) is 5.56 Å². The first-order valence-electron chi connectivity index (χ1n) is 8.33. The van der Waals surface area contributed by atoms with Crippen LogP contribution in [0.15, 0.2) is 78.9 Å². The second kappa shape index (κ2) is 8.87. The molecule has 0 atom stereocenters. The summed E-state index contributed by atoms with van der Waals surface area (Å²) in [5, 5.41) is 10.3. The summed E-state index contributed by atoms with van der Waals surface area (Å²) in [7, 11) is 1.66. The van der Waals surface area contributed by atoms with Gasteiger partial charge < -0.3 is 20.7 Å². The number of rotatable bonds is 6. The number of ether oxygens (including phenoxy) is 1. The molecule has 3 rings (SSSR count). The van der Waals surface area contributed by atoms with Crippen LogP contribution in [0.3, 0.4) is 0 Å².